The molecule has 3 nitrogen and oxygen atoms in total. The van der Waals surface area contributed by atoms with Gasteiger partial charge in [0.15, 0.2) is 0 Å². The first-order valence-electron chi connectivity index (χ1n) is 7.29. The van der Waals surface area contributed by atoms with E-state index in [1.165, 1.54) is 25.0 Å². The monoisotopic (exact) mass is 250 g/mol. The van der Waals surface area contributed by atoms with E-state index in [2.05, 4.69) is 35.1 Å². The first kappa shape index (κ1) is 13.6. The maximum absolute atomic E-state index is 9.67. The van der Waals surface area contributed by atoms with Crippen molar-refractivity contribution in [2.24, 2.45) is 0 Å². The minimum Gasteiger partial charge on any atom is -0.394 e. The molecule has 0 saturated heterocycles. The summed E-state index contributed by atoms with van der Waals surface area (Å²) >= 11 is 0. The number of aliphatic hydroxyl groups excluding tert-OH is 1. The Hall–Kier alpha value is -0.800. The fourth-order valence-electron chi connectivity index (χ4n) is 2.97. The van der Waals surface area contributed by atoms with Gasteiger partial charge in [-0.1, -0.05) is 26.2 Å². The van der Waals surface area contributed by atoms with Gasteiger partial charge >= 0.3 is 0 Å². The Bertz CT molecular complexity index is 353. The summed E-state index contributed by atoms with van der Waals surface area (Å²) < 4.78 is 2.31. The van der Waals surface area contributed by atoms with Crippen LogP contribution in [0.1, 0.15) is 51.1 Å². The first-order valence-corrected chi connectivity index (χ1v) is 7.29. The summed E-state index contributed by atoms with van der Waals surface area (Å²) in [6.45, 7) is 4.42. The summed E-state index contributed by atoms with van der Waals surface area (Å²) in [6.07, 6.45) is 9.32. The van der Waals surface area contributed by atoms with Crippen LogP contribution in [0.15, 0.2) is 18.3 Å². The minimum atomic E-state index is -0.0282. The molecule has 1 aromatic rings. The van der Waals surface area contributed by atoms with Gasteiger partial charge in [0.1, 0.15) is 0 Å². The van der Waals surface area contributed by atoms with Gasteiger partial charge in [-0.25, -0.2) is 0 Å². The van der Waals surface area contributed by atoms with Gasteiger partial charge in [-0.05, 0) is 31.4 Å². The zero-order valence-corrected chi connectivity index (χ0v) is 11.5. The fraction of sp³-hybridized carbons (Fsp3) is 0.733. The molecule has 0 aromatic carbocycles. The van der Waals surface area contributed by atoms with Gasteiger partial charge in [-0.2, -0.15) is 0 Å². The highest BCUT2D eigenvalue weighted by Crippen LogP contribution is 2.28. The van der Waals surface area contributed by atoms with Gasteiger partial charge in [0, 0.05) is 30.5 Å². The van der Waals surface area contributed by atoms with Gasteiger partial charge in [0.25, 0.3) is 0 Å². The maximum Gasteiger partial charge on any atom is 0.0613 e. The highest BCUT2D eigenvalue weighted by molar-refractivity contribution is 5.08. The van der Waals surface area contributed by atoms with Crippen LogP contribution in [-0.4, -0.2) is 21.8 Å². The third-order valence-corrected chi connectivity index (χ3v) is 4.15. The summed E-state index contributed by atoms with van der Waals surface area (Å²) in [5.74, 6) is 0. The van der Waals surface area contributed by atoms with Crippen LogP contribution in [0, 0.1) is 0 Å². The van der Waals surface area contributed by atoms with Crippen LogP contribution >= 0.6 is 0 Å². The van der Waals surface area contributed by atoms with E-state index in [0.29, 0.717) is 0 Å². The van der Waals surface area contributed by atoms with E-state index in [1.807, 2.05) is 0 Å². The van der Waals surface area contributed by atoms with Crippen molar-refractivity contribution in [3.63, 3.8) is 0 Å². The van der Waals surface area contributed by atoms with Crippen LogP contribution in [0.2, 0.25) is 0 Å². The SMILES string of the molecule is CCCn1cccc1CNC1(CO)CCCCC1. The van der Waals surface area contributed by atoms with Crippen molar-refractivity contribution >= 4 is 0 Å². The number of aryl methyl sites for hydroxylation is 1. The normalized spacial score (nSPS) is 19.0. The zero-order chi connectivity index (χ0) is 12.8. The molecule has 0 amide bonds. The highest BCUT2D eigenvalue weighted by Gasteiger charge is 2.30. The highest BCUT2D eigenvalue weighted by atomic mass is 16.3. The summed E-state index contributed by atoms with van der Waals surface area (Å²) in [7, 11) is 0. The quantitative estimate of drug-likeness (QED) is 0.814. The number of aliphatic hydroxyl groups is 1. The second-order valence-electron chi connectivity index (χ2n) is 5.55. The Balaban J connectivity index is 1.94. The molecule has 1 saturated carbocycles. The largest absolute Gasteiger partial charge is 0.394 e. The van der Waals surface area contributed by atoms with Gasteiger partial charge in [0.05, 0.1) is 6.61 Å². The van der Waals surface area contributed by atoms with Crippen LogP contribution in [0.3, 0.4) is 0 Å². The minimum absolute atomic E-state index is 0.0282. The number of hydrogen-bond donors (Lipinski definition) is 2. The van der Waals surface area contributed by atoms with Crippen molar-refractivity contribution < 1.29 is 5.11 Å². The van der Waals surface area contributed by atoms with Gasteiger partial charge in [0.2, 0.25) is 0 Å². The molecule has 102 valence electrons. The first-order chi connectivity index (χ1) is 8.79. The van der Waals surface area contributed by atoms with Crippen LogP contribution in [0.5, 0.6) is 0 Å². The molecule has 0 aliphatic heterocycles. The van der Waals surface area contributed by atoms with Crippen molar-refractivity contribution in [2.75, 3.05) is 6.61 Å². The number of hydrogen-bond acceptors (Lipinski definition) is 2. The molecule has 1 aliphatic rings. The molecule has 0 spiro atoms. The molecule has 1 heterocycles. The molecule has 0 radical (unpaired) electrons. The number of nitrogens with one attached hydrogen (secondary N) is 1. The predicted molar refractivity (Wildman–Crippen MR) is 74.5 cm³/mol. The standard InChI is InChI=1S/C15H26N2O/c1-2-10-17-11-6-7-14(17)12-16-15(13-18)8-4-3-5-9-15/h6-7,11,16,18H,2-5,8-10,12-13H2,1H3. The Morgan fingerprint density at radius 1 is 1.33 bits per heavy atom. The van der Waals surface area contributed by atoms with Gasteiger partial charge < -0.3 is 15.0 Å². The third-order valence-electron chi connectivity index (χ3n) is 4.15. The fourth-order valence-corrected chi connectivity index (χ4v) is 2.97. The second kappa shape index (κ2) is 6.39. The maximum atomic E-state index is 9.67. The van der Waals surface area contributed by atoms with E-state index in [1.54, 1.807) is 0 Å². The Morgan fingerprint density at radius 3 is 2.78 bits per heavy atom. The Labute approximate surface area is 110 Å². The molecule has 0 atom stereocenters. The molecular formula is C15H26N2O. The van der Waals surface area contributed by atoms with Crippen molar-refractivity contribution in [1.82, 2.24) is 9.88 Å². The van der Waals surface area contributed by atoms with Crippen LogP contribution < -0.4 is 5.32 Å². The van der Waals surface area contributed by atoms with E-state index < -0.39 is 0 Å². The van der Waals surface area contributed by atoms with E-state index >= 15 is 0 Å². The second-order valence-corrected chi connectivity index (χ2v) is 5.55. The lowest BCUT2D eigenvalue weighted by Gasteiger charge is -2.36. The van der Waals surface area contributed by atoms with E-state index in [0.717, 1.165) is 32.4 Å². The Morgan fingerprint density at radius 2 is 2.11 bits per heavy atom. The number of rotatable bonds is 6. The van der Waals surface area contributed by atoms with E-state index in [9.17, 15) is 5.11 Å². The molecular weight excluding hydrogens is 224 g/mol. The van der Waals surface area contributed by atoms with Crippen molar-refractivity contribution in [3.8, 4) is 0 Å². The molecule has 2 N–H and O–H groups in total. The smallest absolute Gasteiger partial charge is 0.0613 e. The summed E-state index contributed by atoms with van der Waals surface area (Å²) in [6, 6.07) is 4.29. The average molecular weight is 250 g/mol. The van der Waals surface area contributed by atoms with Gasteiger partial charge in [-0.15, -0.1) is 0 Å². The molecule has 0 bridgehead atoms. The number of nitrogens with zero attached hydrogens (tertiary/aromatic N) is 1. The summed E-state index contributed by atoms with van der Waals surface area (Å²) in [5.41, 5.74) is 1.30. The van der Waals surface area contributed by atoms with Crippen LogP contribution in [-0.2, 0) is 13.1 Å². The van der Waals surface area contributed by atoms with Crippen molar-refractivity contribution in [2.45, 2.75) is 64.1 Å². The lowest BCUT2D eigenvalue weighted by atomic mass is 9.82. The molecule has 3 heteroatoms. The third kappa shape index (κ3) is 3.15. The molecule has 1 aliphatic carbocycles. The molecule has 1 aromatic heterocycles. The van der Waals surface area contributed by atoms with Gasteiger partial charge in [-0.3, -0.25) is 0 Å². The van der Waals surface area contributed by atoms with E-state index in [-0.39, 0.29) is 12.1 Å². The number of aromatic nitrogens is 1. The molecule has 0 unspecified atom stereocenters. The zero-order valence-electron chi connectivity index (χ0n) is 11.5. The molecule has 1 fully saturated rings. The Kier molecular flexibility index (Phi) is 4.84. The van der Waals surface area contributed by atoms with Crippen molar-refractivity contribution in [3.05, 3.63) is 24.0 Å². The molecule has 18 heavy (non-hydrogen) atoms. The topological polar surface area (TPSA) is 37.2 Å². The van der Waals surface area contributed by atoms with Crippen LogP contribution in [0.25, 0.3) is 0 Å². The van der Waals surface area contributed by atoms with E-state index in [4.69, 9.17) is 0 Å². The summed E-state index contributed by atoms with van der Waals surface area (Å²) in [5, 5.41) is 13.3. The van der Waals surface area contributed by atoms with Crippen LogP contribution in [0.4, 0.5) is 0 Å². The summed E-state index contributed by atoms with van der Waals surface area (Å²) in [4.78, 5) is 0. The van der Waals surface area contributed by atoms with Crippen molar-refractivity contribution in [1.29, 1.82) is 0 Å². The molecule has 2 rings (SSSR count). The lowest BCUT2D eigenvalue weighted by Crippen LogP contribution is -2.49. The predicted octanol–water partition coefficient (Wildman–Crippen LogP) is 2.68. The lowest BCUT2D eigenvalue weighted by molar-refractivity contribution is 0.119. The average Bonchev–Trinajstić information content (AvgIpc) is 2.86.